The van der Waals surface area contributed by atoms with Crippen LogP contribution in [0.2, 0.25) is 5.02 Å². The van der Waals surface area contributed by atoms with Gasteiger partial charge < -0.3 is 9.97 Å². The zero-order valence-electron chi connectivity index (χ0n) is 16.4. The maximum Gasteiger partial charge on any atom is 0.0659 e. The summed E-state index contributed by atoms with van der Waals surface area (Å²) in [5.41, 5.74) is 9.52. The van der Waals surface area contributed by atoms with Gasteiger partial charge in [0.1, 0.15) is 0 Å². The zero-order chi connectivity index (χ0) is 20.8. The Kier molecular flexibility index (Phi) is 4.11. The highest BCUT2D eigenvalue weighted by Crippen LogP contribution is 2.32. The number of H-pyrrole nitrogens is 2. The summed E-state index contributed by atoms with van der Waals surface area (Å²) in [6.07, 6.45) is 8.03. The molecule has 2 aliphatic heterocycles. The largest absolute Gasteiger partial charge is 0.355 e. The Labute approximate surface area is 183 Å². The van der Waals surface area contributed by atoms with E-state index in [4.69, 9.17) is 16.6 Å². The number of rotatable bonds is 1. The molecule has 6 rings (SSSR count). The van der Waals surface area contributed by atoms with Crippen molar-refractivity contribution in [2.75, 3.05) is 0 Å². The molecule has 8 bridgehead atoms. The Balaban J connectivity index is 1.69. The van der Waals surface area contributed by atoms with Crippen LogP contribution in [-0.4, -0.2) is 19.9 Å². The van der Waals surface area contributed by atoms with Gasteiger partial charge in [0.2, 0.25) is 0 Å². The summed E-state index contributed by atoms with van der Waals surface area (Å²) in [7, 11) is 0. The summed E-state index contributed by atoms with van der Waals surface area (Å²) < 4.78 is 0. The number of nitrogens with zero attached hydrogens (tertiary/aromatic N) is 2. The Morgan fingerprint density at radius 1 is 0.548 bits per heavy atom. The molecule has 0 fully saturated rings. The van der Waals surface area contributed by atoms with Gasteiger partial charge in [0, 0.05) is 38.2 Å². The van der Waals surface area contributed by atoms with Crippen molar-refractivity contribution >= 4 is 58.0 Å². The first-order valence-corrected chi connectivity index (χ1v) is 10.4. The summed E-state index contributed by atoms with van der Waals surface area (Å²) in [4.78, 5) is 16.4. The highest BCUT2D eigenvalue weighted by atomic mass is 35.5. The maximum absolute atomic E-state index is 6.52. The van der Waals surface area contributed by atoms with Crippen LogP contribution in [0.15, 0.2) is 66.7 Å². The fraction of sp³-hybridized carbons (Fsp3) is 0. The van der Waals surface area contributed by atoms with E-state index in [1.807, 2.05) is 60.7 Å². The van der Waals surface area contributed by atoms with Gasteiger partial charge in [-0.2, -0.15) is 0 Å². The van der Waals surface area contributed by atoms with Crippen LogP contribution in [0, 0.1) is 0 Å². The number of hydrogen-bond acceptors (Lipinski definition) is 2. The number of aromatic amines is 2. The van der Waals surface area contributed by atoms with Crippen molar-refractivity contribution in [2.45, 2.75) is 0 Å². The van der Waals surface area contributed by atoms with Gasteiger partial charge >= 0.3 is 0 Å². The van der Waals surface area contributed by atoms with Gasteiger partial charge in [-0.15, -0.1) is 0 Å². The van der Waals surface area contributed by atoms with Gasteiger partial charge in [-0.3, -0.25) is 0 Å². The Bertz CT molecular complexity index is 1550. The summed E-state index contributed by atoms with van der Waals surface area (Å²) in [5, 5.41) is 0.715. The predicted molar refractivity (Wildman–Crippen MR) is 129 cm³/mol. The molecule has 0 spiro atoms. The van der Waals surface area contributed by atoms with Crippen molar-refractivity contribution in [1.82, 2.24) is 19.9 Å². The summed E-state index contributed by atoms with van der Waals surface area (Å²) >= 11 is 6.52. The first-order chi connectivity index (χ1) is 15.2. The summed E-state index contributed by atoms with van der Waals surface area (Å²) in [5.74, 6) is 0. The van der Waals surface area contributed by atoms with Crippen LogP contribution in [0.3, 0.4) is 0 Å². The third kappa shape index (κ3) is 3.47. The van der Waals surface area contributed by atoms with Crippen molar-refractivity contribution in [3.63, 3.8) is 0 Å². The van der Waals surface area contributed by atoms with Gasteiger partial charge in [-0.25, -0.2) is 9.97 Å². The smallest absolute Gasteiger partial charge is 0.0659 e. The molecule has 0 unspecified atom stereocenters. The van der Waals surface area contributed by atoms with E-state index in [2.05, 4.69) is 45.3 Å². The molecular weight excluding hydrogens is 404 g/mol. The molecule has 4 nitrogen and oxygen atoms in total. The minimum atomic E-state index is 0.715. The number of nitrogens with one attached hydrogen (secondary N) is 2. The van der Waals surface area contributed by atoms with Crippen molar-refractivity contribution in [3.05, 3.63) is 94.5 Å². The lowest BCUT2D eigenvalue weighted by molar-refractivity contribution is 1.28. The molecule has 2 aliphatic rings. The monoisotopic (exact) mass is 420 g/mol. The van der Waals surface area contributed by atoms with E-state index < -0.39 is 0 Å². The van der Waals surface area contributed by atoms with E-state index >= 15 is 0 Å². The molecule has 1 aromatic carbocycles. The van der Waals surface area contributed by atoms with E-state index in [1.165, 1.54) is 0 Å². The molecule has 0 radical (unpaired) electrons. The third-order valence-corrected chi connectivity index (χ3v) is 5.66. The molecule has 0 saturated heterocycles. The Morgan fingerprint density at radius 2 is 1.19 bits per heavy atom. The number of benzene rings is 1. The molecule has 0 aliphatic carbocycles. The van der Waals surface area contributed by atoms with Crippen LogP contribution in [0.25, 0.3) is 57.5 Å². The SMILES string of the molecule is Clc1ccccc1-c1cc2cc3ccc(cc4nc(cc5nc(cc1[nH]2)C=C5)C=C4)[nH]3. The van der Waals surface area contributed by atoms with Crippen LogP contribution < -0.4 is 0 Å². The minimum Gasteiger partial charge on any atom is -0.355 e. The maximum atomic E-state index is 6.52. The highest BCUT2D eigenvalue weighted by molar-refractivity contribution is 6.33. The van der Waals surface area contributed by atoms with Crippen molar-refractivity contribution in [2.24, 2.45) is 0 Å². The zero-order valence-corrected chi connectivity index (χ0v) is 17.2. The van der Waals surface area contributed by atoms with Gasteiger partial charge in [-0.05, 0) is 72.8 Å². The minimum absolute atomic E-state index is 0.715. The normalized spacial score (nSPS) is 12.4. The quantitative estimate of drug-likeness (QED) is 0.301. The second-order valence-electron chi connectivity index (χ2n) is 7.57. The van der Waals surface area contributed by atoms with Crippen molar-refractivity contribution < 1.29 is 0 Å². The van der Waals surface area contributed by atoms with Crippen LogP contribution in [-0.2, 0) is 0 Å². The lowest BCUT2D eigenvalue weighted by Gasteiger charge is -2.01. The topological polar surface area (TPSA) is 57.4 Å². The second-order valence-corrected chi connectivity index (χ2v) is 7.98. The average molecular weight is 421 g/mol. The summed E-state index contributed by atoms with van der Waals surface area (Å²) in [6.45, 7) is 0. The molecule has 4 aromatic rings. The molecule has 0 atom stereocenters. The van der Waals surface area contributed by atoms with E-state index in [0.717, 1.165) is 56.0 Å². The van der Waals surface area contributed by atoms with Gasteiger partial charge in [0.05, 0.1) is 22.8 Å². The Morgan fingerprint density at radius 3 is 1.94 bits per heavy atom. The lowest BCUT2D eigenvalue weighted by atomic mass is 10.1. The van der Waals surface area contributed by atoms with Gasteiger partial charge in [0.15, 0.2) is 0 Å². The fourth-order valence-electron chi connectivity index (χ4n) is 3.92. The first-order valence-electron chi connectivity index (χ1n) is 10.0. The number of aromatic nitrogens is 4. The van der Waals surface area contributed by atoms with Gasteiger partial charge in [-0.1, -0.05) is 29.8 Å². The first kappa shape index (κ1) is 17.9. The third-order valence-electron chi connectivity index (χ3n) is 5.33. The van der Waals surface area contributed by atoms with Crippen LogP contribution in [0.4, 0.5) is 0 Å². The van der Waals surface area contributed by atoms with Gasteiger partial charge in [0.25, 0.3) is 0 Å². The van der Waals surface area contributed by atoms with E-state index in [9.17, 15) is 0 Å². The summed E-state index contributed by atoms with van der Waals surface area (Å²) in [6, 6.07) is 22.3. The molecule has 148 valence electrons. The fourth-order valence-corrected chi connectivity index (χ4v) is 4.16. The van der Waals surface area contributed by atoms with Crippen LogP contribution >= 0.6 is 11.6 Å². The molecule has 0 saturated carbocycles. The second kappa shape index (κ2) is 7.11. The molecule has 3 aromatic heterocycles. The molecule has 0 amide bonds. The van der Waals surface area contributed by atoms with E-state index in [0.29, 0.717) is 5.02 Å². The predicted octanol–water partition coefficient (Wildman–Crippen LogP) is 6.98. The van der Waals surface area contributed by atoms with Crippen LogP contribution in [0.5, 0.6) is 0 Å². The standard InChI is InChI=1S/C26H17ClN4/c27-25-4-2-1-3-23(25)24-14-22-13-20-8-7-18(29-20)11-16-5-6-17(28-16)12-19-9-10-21(30-19)15-26(24)31-22/h1-15,29,31H. The molecular formula is C26H17ClN4. The number of hydrogen-bond donors (Lipinski definition) is 2. The number of fused-ring (bicyclic) bond motifs is 8. The van der Waals surface area contributed by atoms with E-state index in [-0.39, 0.29) is 0 Å². The lowest BCUT2D eigenvalue weighted by Crippen LogP contribution is -1.79. The molecule has 5 heteroatoms. The van der Waals surface area contributed by atoms with Crippen molar-refractivity contribution in [1.29, 1.82) is 0 Å². The number of halogens is 1. The average Bonchev–Trinajstić information content (AvgIpc) is 3.53. The molecule has 31 heavy (non-hydrogen) atoms. The highest BCUT2D eigenvalue weighted by Gasteiger charge is 2.09. The Hall–Kier alpha value is -3.89. The van der Waals surface area contributed by atoms with E-state index in [1.54, 1.807) is 0 Å². The molecule has 2 N–H and O–H groups in total. The van der Waals surface area contributed by atoms with Crippen molar-refractivity contribution in [3.8, 4) is 11.1 Å². The molecule has 5 heterocycles. The van der Waals surface area contributed by atoms with Crippen LogP contribution in [0.1, 0.15) is 22.8 Å².